The van der Waals surface area contributed by atoms with E-state index in [0.29, 0.717) is 22.9 Å². The van der Waals surface area contributed by atoms with Crippen LogP contribution in [0.4, 0.5) is 16.4 Å². The number of rotatable bonds is 7. The number of para-hydroxylation sites is 1. The number of hydrogen-bond acceptors (Lipinski definition) is 8. The molecule has 0 bridgehead atoms. The summed E-state index contributed by atoms with van der Waals surface area (Å²) in [6.07, 6.45) is 1.38. The molecule has 0 aliphatic carbocycles. The van der Waals surface area contributed by atoms with Crippen LogP contribution in [-0.2, 0) is 4.74 Å². The molecule has 1 N–H and O–H groups in total. The minimum Gasteiger partial charge on any atom is -0.483 e. The first kappa shape index (κ1) is 22.3. The molecule has 0 spiro atoms. The van der Waals surface area contributed by atoms with Gasteiger partial charge in [0.15, 0.2) is 12.2 Å². The molecule has 0 fully saturated rings. The zero-order valence-electron chi connectivity index (χ0n) is 17.9. The van der Waals surface area contributed by atoms with E-state index in [0.717, 1.165) is 42.4 Å². The first-order chi connectivity index (χ1) is 16.7. The quantitative estimate of drug-likeness (QED) is 0.163. The fourth-order valence-corrected chi connectivity index (χ4v) is 5.64. The summed E-state index contributed by atoms with van der Waals surface area (Å²) in [5.74, 6) is 0.684. The molecule has 0 atom stereocenters. The average molecular weight is 549 g/mol. The predicted octanol–water partition coefficient (Wildman–Crippen LogP) is 8.36. The van der Waals surface area contributed by atoms with Gasteiger partial charge in [-0.15, -0.1) is 22.7 Å². The Kier molecular flexibility index (Phi) is 6.45. The SMILES string of the molecule is CCOC=Nc1c(C#N)sc(Nc2ccccc2)c1-c1nc(-c2cc3cc(Br)ccc3o2)cs1. The summed E-state index contributed by atoms with van der Waals surface area (Å²) in [6, 6.07) is 19.9. The lowest BCUT2D eigenvalue weighted by molar-refractivity contribution is 0.344. The van der Waals surface area contributed by atoms with Crippen molar-refractivity contribution >= 4 is 72.3 Å². The molecule has 3 aromatic heterocycles. The molecule has 0 saturated heterocycles. The van der Waals surface area contributed by atoms with Crippen molar-refractivity contribution in [2.45, 2.75) is 6.92 Å². The van der Waals surface area contributed by atoms with Crippen LogP contribution in [0.1, 0.15) is 11.8 Å². The molecular formula is C25H17BrN4O2S2. The monoisotopic (exact) mass is 548 g/mol. The molecule has 0 unspecified atom stereocenters. The van der Waals surface area contributed by atoms with Crippen LogP contribution in [0, 0.1) is 11.3 Å². The van der Waals surface area contributed by atoms with E-state index < -0.39 is 0 Å². The highest BCUT2D eigenvalue weighted by molar-refractivity contribution is 9.10. The molecule has 3 heterocycles. The van der Waals surface area contributed by atoms with E-state index in [4.69, 9.17) is 14.1 Å². The Balaban J connectivity index is 1.60. The number of aromatic nitrogens is 1. The number of anilines is 2. The molecule has 0 amide bonds. The van der Waals surface area contributed by atoms with Crippen molar-refractivity contribution in [3.8, 4) is 28.1 Å². The predicted molar refractivity (Wildman–Crippen MR) is 143 cm³/mol. The summed E-state index contributed by atoms with van der Waals surface area (Å²) < 4.78 is 12.3. The second-order valence-electron chi connectivity index (χ2n) is 7.11. The summed E-state index contributed by atoms with van der Waals surface area (Å²) in [4.78, 5) is 9.81. The number of aliphatic imine (C=N–C) groups is 1. The van der Waals surface area contributed by atoms with Crippen molar-refractivity contribution in [1.29, 1.82) is 5.26 Å². The molecule has 0 aliphatic heterocycles. The van der Waals surface area contributed by atoms with Gasteiger partial charge in [-0.05, 0) is 43.3 Å². The first-order valence-corrected chi connectivity index (χ1v) is 12.8. The molecule has 9 heteroatoms. The summed E-state index contributed by atoms with van der Waals surface area (Å²) in [5, 5.41) is 17.7. The largest absolute Gasteiger partial charge is 0.483 e. The van der Waals surface area contributed by atoms with Crippen molar-refractivity contribution in [2.24, 2.45) is 4.99 Å². The summed E-state index contributed by atoms with van der Waals surface area (Å²) in [7, 11) is 0. The maximum atomic E-state index is 9.79. The van der Waals surface area contributed by atoms with Gasteiger partial charge in [-0.3, -0.25) is 0 Å². The van der Waals surface area contributed by atoms with Gasteiger partial charge in [-0.2, -0.15) is 5.26 Å². The molecule has 0 radical (unpaired) electrons. The van der Waals surface area contributed by atoms with E-state index in [2.05, 4.69) is 32.3 Å². The van der Waals surface area contributed by atoms with E-state index in [1.807, 2.05) is 66.9 Å². The Morgan fingerprint density at radius 1 is 1.24 bits per heavy atom. The Labute approximate surface area is 212 Å². The maximum absolute atomic E-state index is 9.79. The molecule has 6 nitrogen and oxygen atoms in total. The molecule has 168 valence electrons. The van der Waals surface area contributed by atoms with Crippen molar-refractivity contribution in [2.75, 3.05) is 11.9 Å². The van der Waals surface area contributed by atoms with Gasteiger partial charge in [-0.1, -0.05) is 34.1 Å². The van der Waals surface area contributed by atoms with Gasteiger partial charge in [0.05, 0.1) is 12.2 Å². The molecule has 34 heavy (non-hydrogen) atoms. The number of nitriles is 1. The Morgan fingerprint density at radius 2 is 2.09 bits per heavy atom. The molecule has 2 aromatic carbocycles. The number of thiophene rings is 1. The summed E-state index contributed by atoms with van der Waals surface area (Å²) >= 11 is 6.32. The van der Waals surface area contributed by atoms with Crippen molar-refractivity contribution < 1.29 is 9.15 Å². The van der Waals surface area contributed by atoms with Crippen molar-refractivity contribution in [3.63, 3.8) is 0 Å². The number of ether oxygens (including phenoxy) is 1. The Bertz CT molecular complexity index is 1530. The number of benzene rings is 2. The highest BCUT2D eigenvalue weighted by Crippen LogP contribution is 2.48. The zero-order chi connectivity index (χ0) is 23.5. The van der Waals surface area contributed by atoms with Gasteiger partial charge >= 0.3 is 0 Å². The molecule has 0 saturated carbocycles. The molecule has 5 aromatic rings. The minimum atomic E-state index is 0.481. The van der Waals surface area contributed by atoms with Crippen LogP contribution in [-0.4, -0.2) is 18.0 Å². The van der Waals surface area contributed by atoms with Crippen molar-refractivity contribution in [1.82, 2.24) is 4.98 Å². The van der Waals surface area contributed by atoms with E-state index in [-0.39, 0.29) is 0 Å². The molecule has 0 aliphatic rings. The van der Waals surface area contributed by atoms with Crippen LogP contribution in [0.5, 0.6) is 0 Å². The molecule has 5 rings (SSSR count). The fourth-order valence-electron chi connectivity index (χ4n) is 3.37. The van der Waals surface area contributed by atoms with Crippen LogP contribution in [0.25, 0.3) is 33.0 Å². The van der Waals surface area contributed by atoms with Crippen molar-refractivity contribution in [3.05, 3.63) is 69.3 Å². The fraction of sp³-hybridized carbons (Fsp3) is 0.0800. The van der Waals surface area contributed by atoms with Crippen LogP contribution in [0.3, 0.4) is 0 Å². The Morgan fingerprint density at radius 3 is 2.88 bits per heavy atom. The van der Waals surface area contributed by atoms with Crippen LogP contribution >= 0.6 is 38.6 Å². The lowest BCUT2D eigenvalue weighted by atomic mass is 10.2. The number of halogens is 1. The average Bonchev–Trinajstić information content (AvgIpc) is 3.56. The second kappa shape index (κ2) is 9.81. The highest BCUT2D eigenvalue weighted by atomic mass is 79.9. The minimum absolute atomic E-state index is 0.481. The third-order valence-electron chi connectivity index (χ3n) is 4.89. The van der Waals surface area contributed by atoms with E-state index in [9.17, 15) is 5.26 Å². The Hall–Kier alpha value is -3.45. The number of hydrogen-bond donors (Lipinski definition) is 1. The van der Waals surface area contributed by atoms with Gasteiger partial charge in [0.2, 0.25) is 0 Å². The smallest absolute Gasteiger partial charge is 0.174 e. The van der Waals surface area contributed by atoms with E-state index in [1.54, 1.807) is 0 Å². The zero-order valence-corrected chi connectivity index (χ0v) is 21.1. The normalized spacial score (nSPS) is 11.2. The van der Waals surface area contributed by atoms with E-state index in [1.165, 1.54) is 29.1 Å². The standard InChI is InChI=1S/C25H17BrN4O2S2/c1-2-31-14-28-23-21(12-27)34-25(29-17-6-4-3-5-7-17)22(23)24-30-18(13-33-24)20-11-15-10-16(26)8-9-19(15)32-20/h3-11,13-14,29H,2H2,1H3. The third kappa shape index (κ3) is 4.48. The van der Waals surface area contributed by atoms with Crippen LogP contribution < -0.4 is 5.32 Å². The first-order valence-electron chi connectivity index (χ1n) is 10.3. The number of nitrogens with one attached hydrogen (secondary N) is 1. The number of thiazole rings is 1. The number of nitrogens with zero attached hydrogens (tertiary/aromatic N) is 3. The van der Waals surface area contributed by atoms with Gasteiger partial charge in [-0.25, -0.2) is 9.98 Å². The van der Waals surface area contributed by atoms with Gasteiger partial charge in [0.1, 0.15) is 37.9 Å². The highest BCUT2D eigenvalue weighted by Gasteiger charge is 2.23. The summed E-state index contributed by atoms with van der Waals surface area (Å²) in [6.45, 7) is 2.37. The lowest BCUT2D eigenvalue weighted by Crippen LogP contribution is -1.89. The second-order valence-corrected chi connectivity index (χ2v) is 9.90. The third-order valence-corrected chi connectivity index (χ3v) is 7.24. The topological polar surface area (TPSA) is 83.4 Å². The number of furan rings is 1. The van der Waals surface area contributed by atoms with Crippen LogP contribution in [0.15, 0.2) is 73.9 Å². The number of fused-ring (bicyclic) bond motifs is 1. The van der Waals surface area contributed by atoms with Gasteiger partial charge < -0.3 is 14.5 Å². The maximum Gasteiger partial charge on any atom is 0.174 e. The summed E-state index contributed by atoms with van der Waals surface area (Å²) in [5.41, 5.74) is 3.73. The van der Waals surface area contributed by atoms with Gasteiger partial charge in [0, 0.05) is 20.9 Å². The lowest BCUT2D eigenvalue weighted by Gasteiger charge is -2.06. The molecular weight excluding hydrogens is 532 g/mol. The van der Waals surface area contributed by atoms with E-state index >= 15 is 0 Å². The van der Waals surface area contributed by atoms with Crippen LogP contribution in [0.2, 0.25) is 0 Å². The van der Waals surface area contributed by atoms with Gasteiger partial charge in [0.25, 0.3) is 0 Å².